The molecule has 0 bridgehead atoms. The molecule has 5 N–H and O–H groups in total. The molecule has 0 spiro atoms. The SMILES string of the molecule is COCC(O)(O)CCCCCNCCCN. The van der Waals surface area contributed by atoms with Gasteiger partial charge in [0.05, 0.1) is 6.61 Å². The fraction of sp³-hybridized carbons (Fsp3) is 1.00. The summed E-state index contributed by atoms with van der Waals surface area (Å²) in [5, 5.41) is 22.1. The highest BCUT2D eigenvalue weighted by atomic mass is 16.6. The second-order valence-electron chi connectivity index (χ2n) is 4.12. The number of rotatable bonds is 11. The fourth-order valence-electron chi connectivity index (χ4n) is 1.49. The molecular weight excluding hydrogens is 208 g/mol. The number of nitrogens with one attached hydrogen (secondary N) is 1. The minimum Gasteiger partial charge on any atom is -0.379 e. The highest BCUT2D eigenvalue weighted by molar-refractivity contribution is 4.63. The third-order valence-corrected chi connectivity index (χ3v) is 2.36. The van der Waals surface area contributed by atoms with Crippen molar-refractivity contribution in [2.24, 2.45) is 5.73 Å². The van der Waals surface area contributed by atoms with Crippen LogP contribution in [0.1, 0.15) is 32.1 Å². The molecule has 0 heterocycles. The lowest BCUT2D eigenvalue weighted by Gasteiger charge is -2.20. The van der Waals surface area contributed by atoms with Crippen molar-refractivity contribution in [2.75, 3.05) is 33.4 Å². The molecule has 16 heavy (non-hydrogen) atoms. The summed E-state index contributed by atoms with van der Waals surface area (Å²) in [6.07, 6.45) is 4.21. The summed E-state index contributed by atoms with van der Waals surface area (Å²) in [5.74, 6) is -1.66. The molecule has 0 atom stereocenters. The third kappa shape index (κ3) is 10.3. The van der Waals surface area contributed by atoms with Gasteiger partial charge in [-0.1, -0.05) is 6.42 Å². The van der Waals surface area contributed by atoms with Crippen LogP contribution in [0.25, 0.3) is 0 Å². The van der Waals surface area contributed by atoms with Gasteiger partial charge in [0.15, 0.2) is 5.79 Å². The van der Waals surface area contributed by atoms with Crippen LogP contribution in [0.15, 0.2) is 0 Å². The molecule has 0 unspecified atom stereocenters. The van der Waals surface area contributed by atoms with Gasteiger partial charge in [-0.25, -0.2) is 0 Å². The predicted octanol–water partition coefficient (Wildman–Crippen LogP) is -0.187. The molecule has 5 nitrogen and oxygen atoms in total. The van der Waals surface area contributed by atoms with Crippen molar-refractivity contribution >= 4 is 0 Å². The largest absolute Gasteiger partial charge is 0.379 e. The van der Waals surface area contributed by atoms with Crippen LogP contribution in [0.3, 0.4) is 0 Å². The van der Waals surface area contributed by atoms with Crippen molar-refractivity contribution in [3.05, 3.63) is 0 Å². The lowest BCUT2D eigenvalue weighted by atomic mass is 10.1. The van der Waals surface area contributed by atoms with E-state index < -0.39 is 5.79 Å². The lowest BCUT2D eigenvalue weighted by molar-refractivity contribution is -0.197. The van der Waals surface area contributed by atoms with Crippen LogP contribution in [0.5, 0.6) is 0 Å². The Morgan fingerprint density at radius 3 is 2.44 bits per heavy atom. The smallest absolute Gasteiger partial charge is 0.186 e. The summed E-state index contributed by atoms with van der Waals surface area (Å²) < 4.78 is 4.70. The summed E-state index contributed by atoms with van der Waals surface area (Å²) >= 11 is 0. The highest BCUT2D eigenvalue weighted by Crippen LogP contribution is 2.11. The monoisotopic (exact) mass is 234 g/mol. The summed E-state index contributed by atoms with van der Waals surface area (Å²) in [5.41, 5.74) is 5.36. The number of ether oxygens (including phenoxy) is 1. The molecule has 0 saturated heterocycles. The second-order valence-corrected chi connectivity index (χ2v) is 4.12. The van der Waals surface area contributed by atoms with E-state index in [9.17, 15) is 10.2 Å². The summed E-state index contributed by atoms with van der Waals surface area (Å²) in [7, 11) is 1.46. The molecule has 0 rings (SSSR count). The molecule has 0 aliphatic carbocycles. The Morgan fingerprint density at radius 1 is 1.12 bits per heavy atom. The van der Waals surface area contributed by atoms with E-state index in [1.54, 1.807) is 0 Å². The highest BCUT2D eigenvalue weighted by Gasteiger charge is 2.21. The maximum absolute atomic E-state index is 9.39. The zero-order valence-corrected chi connectivity index (χ0v) is 10.2. The standard InChI is InChI=1S/C11H26N2O3/c1-16-10-11(14,15)6-3-2-4-8-13-9-5-7-12/h13-15H,2-10,12H2,1H3. The number of methoxy groups -OCH3 is 1. The van der Waals surface area contributed by atoms with Crippen molar-refractivity contribution < 1.29 is 14.9 Å². The number of aliphatic hydroxyl groups is 2. The van der Waals surface area contributed by atoms with Gasteiger partial charge in [0, 0.05) is 13.5 Å². The van der Waals surface area contributed by atoms with E-state index >= 15 is 0 Å². The molecule has 0 aromatic rings. The number of hydrogen-bond donors (Lipinski definition) is 4. The molecule has 0 amide bonds. The molecule has 0 aliphatic rings. The normalized spacial score (nSPS) is 12.0. The first-order chi connectivity index (χ1) is 7.62. The van der Waals surface area contributed by atoms with Crippen molar-refractivity contribution in [1.29, 1.82) is 0 Å². The minimum atomic E-state index is -1.66. The van der Waals surface area contributed by atoms with Crippen LogP contribution < -0.4 is 11.1 Å². The summed E-state index contributed by atoms with van der Waals surface area (Å²) in [4.78, 5) is 0. The van der Waals surface area contributed by atoms with Gasteiger partial charge < -0.3 is 26.0 Å². The van der Waals surface area contributed by atoms with E-state index in [1.165, 1.54) is 7.11 Å². The molecule has 0 radical (unpaired) electrons. The van der Waals surface area contributed by atoms with Crippen LogP contribution in [0.4, 0.5) is 0 Å². The maximum Gasteiger partial charge on any atom is 0.186 e. The van der Waals surface area contributed by atoms with Gasteiger partial charge in [0.25, 0.3) is 0 Å². The third-order valence-electron chi connectivity index (χ3n) is 2.36. The first kappa shape index (κ1) is 15.8. The molecule has 0 aromatic carbocycles. The predicted molar refractivity (Wildman–Crippen MR) is 64.1 cm³/mol. The zero-order valence-electron chi connectivity index (χ0n) is 10.2. The van der Waals surface area contributed by atoms with Crippen molar-refractivity contribution in [3.8, 4) is 0 Å². The number of unbranched alkanes of at least 4 members (excludes halogenated alkanes) is 2. The molecule has 0 saturated carbocycles. The van der Waals surface area contributed by atoms with Crippen molar-refractivity contribution in [2.45, 2.75) is 37.9 Å². The van der Waals surface area contributed by atoms with E-state index in [0.717, 1.165) is 45.3 Å². The van der Waals surface area contributed by atoms with Crippen LogP contribution >= 0.6 is 0 Å². The van der Waals surface area contributed by atoms with Gasteiger partial charge in [-0.05, 0) is 38.9 Å². The maximum atomic E-state index is 9.39. The van der Waals surface area contributed by atoms with Gasteiger partial charge in [-0.15, -0.1) is 0 Å². The zero-order chi connectivity index (χ0) is 12.3. The molecule has 5 heteroatoms. The number of hydrogen-bond acceptors (Lipinski definition) is 5. The van der Waals surface area contributed by atoms with Crippen LogP contribution in [0, 0.1) is 0 Å². The molecule has 98 valence electrons. The quantitative estimate of drug-likeness (QED) is 0.294. The van der Waals surface area contributed by atoms with Crippen LogP contribution in [0.2, 0.25) is 0 Å². The van der Waals surface area contributed by atoms with Crippen molar-refractivity contribution in [3.63, 3.8) is 0 Å². The van der Waals surface area contributed by atoms with E-state index in [1.807, 2.05) is 0 Å². The Balaban J connectivity index is 3.20. The Hall–Kier alpha value is -0.200. The number of nitrogens with two attached hydrogens (primary N) is 1. The molecule has 0 aromatic heterocycles. The lowest BCUT2D eigenvalue weighted by Crippen LogP contribution is -2.33. The van der Waals surface area contributed by atoms with Gasteiger partial charge >= 0.3 is 0 Å². The Bertz CT molecular complexity index is 154. The van der Waals surface area contributed by atoms with Crippen LogP contribution in [-0.4, -0.2) is 49.4 Å². The van der Waals surface area contributed by atoms with Gasteiger partial charge in [0.1, 0.15) is 0 Å². The van der Waals surface area contributed by atoms with Gasteiger partial charge in [-0.2, -0.15) is 0 Å². The van der Waals surface area contributed by atoms with Gasteiger partial charge in [0.2, 0.25) is 0 Å². The van der Waals surface area contributed by atoms with E-state index in [-0.39, 0.29) is 6.61 Å². The Morgan fingerprint density at radius 2 is 1.81 bits per heavy atom. The molecule has 0 fully saturated rings. The first-order valence-corrected chi connectivity index (χ1v) is 5.97. The average molecular weight is 234 g/mol. The van der Waals surface area contributed by atoms with Crippen LogP contribution in [-0.2, 0) is 4.74 Å². The molecule has 0 aliphatic heterocycles. The first-order valence-electron chi connectivity index (χ1n) is 5.97. The summed E-state index contributed by atoms with van der Waals surface area (Å²) in [6.45, 7) is 2.63. The second kappa shape index (κ2) is 9.99. The van der Waals surface area contributed by atoms with E-state index in [2.05, 4.69) is 5.32 Å². The minimum absolute atomic E-state index is 0.0260. The van der Waals surface area contributed by atoms with Crippen molar-refractivity contribution in [1.82, 2.24) is 5.32 Å². The average Bonchev–Trinajstić information content (AvgIpc) is 2.22. The van der Waals surface area contributed by atoms with E-state index in [0.29, 0.717) is 6.42 Å². The van der Waals surface area contributed by atoms with E-state index in [4.69, 9.17) is 10.5 Å². The Labute approximate surface area is 98.0 Å². The Kier molecular flexibility index (Phi) is 9.86. The topological polar surface area (TPSA) is 87.7 Å². The summed E-state index contributed by atoms with van der Waals surface area (Å²) in [6, 6.07) is 0. The fourth-order valence-corrected chi connectivity index (χ4v) is 1.49. The van der Waals surface area contributed by atoms with Gasteiger partial charge in [-0.3, -0.25) is 0 Å². The molecular formula is C11H26N2O3.